The van der Waals surface area contributed by atoms with Crippen LogP contribution in [-0.4, -0.2) is 60.4 Å². The van der Waals surface area contributed by atoms with Crippen LogP contribution in [-0.2, 0) is 0 Å². The maximum Gasteiger partial charge on any atom is 0.256 e. The molecule has 0 atom stereocenters. The quantitative estimate of drug-likeness (QED) is 0.536. The number of aryl methyl sites for hydroxylation is 1. The molecule has 1 aliphatic heterocycles. The molecule has 5 rings (SSSR count). The zero-order valence-electron chi connectivity index (χ0n) is 14.7. The first-order chi connectivity index (χ1) is 12.7. The molecular formula is C17H19N9. The van der Waals surface area contributed by atoms with Crippen molar-refractivity contribution in [2.24, 2.45) is 0 Å². The Morgan fingerprint density at radius 1 is 0.962 bits per heavy atom. The molecule has 4 aromatic rings. The molecule has 9 nitrogen and oxygen atoms in total. The summed E-state index contributed by atoms with van der Waals surface area (Å²) in [6.07, 6.45) is 5.31. The highest BCUT2D eigenvalue weighted by atomic mass is 15.4. The van der Waals surface area contributed by atoms with Gasteiger partial charge >= 0.3 is 0 Å². The van der Waals surface area contributed by atoms with E-state index in [2.05, 4.69) is 48.9 Å². The number of hydrogen-bond acceptors (Lipinski definition) is 7. The molecule has 9 heteroatoms. The summed E-state index contributed by atoms with van der Waals surface area (Å²) >= 11 is 0. The lowest BCUT2D eigenvalue weighted by Gasteiger charge is -2.37. The highest BCUT2D eigenvalue weighted by Gasteiger charge is 2.23. The summed E-state index contributed by atoms with van der Waals surface area (Å²) in [4.78, 5) is 13.6. The SMILES string of the molecule is Cc1nc2ccnn2c(N2CCN(c3ccnc4nncn34)CC2)c1C. The molecule has 0 bridgehead atoms. The summed E-state index contributed by atoms with van der Waals surface area (Å²) in [5, 5.41) is 12.5. The molecule has 0 spiro atoms. The summed E-state index contributed by atoms with van der Waals surface area (Å²) in [5.41, 5.74) is 3.13. The first-order valence-corrected chi connectivity index (χ1v) is 8.68. The van der Waals surface area contributed by atoms with Gasteiger partial charge in [-0.2, -0.15) is 9.61 Å². The number of anilines is 2. The summed E-state index contributed by atoms with van der Waals surface area (Å²) < 4.78 is 3.88. The lowest BCUT2D eigenvalue weighted by molar-refractivity contribution is 0.628. The van der Waals surface area contributed by atoms with E-state index in [1.165, 1.54) is 5.56 Å². The fraction of sp³-hybridized carbons (Fsp3) is 0.353. The molecule has 132 valence electrons. The van der Waals surface area contributed by atoms with Crippen molar-refractivity contribution in [2.75, 3.05) is 36.0 Å². The first kappa shape index (κ1) is 15.1. The molecule has 0 saturated carbocycles. The number of aromatic nitrogens is 7. The maximum absolute atomic E-state index is 4.62. The van der Waals surface area contributed by atoms with E-state index in [1.807, 2.05) is 21.0 Å². The zero-order valence-corrected chi connectivity index (χ0v) is 14.7. The average molecular weight is 349 g/mol. The number of rotatable bonds is 2. The molecule has 26 heavy (non-hydrogen) atoms. The van der Waals surface area contributed by atoms with Crippen LogP contribution in [0, 0.1) is 13.8 Å². The van der Waals surface area contributed by atoms with Crippen molar-refractivity contribution in [3.05, 3.63) is 42.1 Å². The fourth-order valence-electron chi connectivity index (χ4n) is 3.63. The van der Waals surface area contributed by atoms with Crippen molar-refractivity contribution in [2.45, 2.75) is 13.8 Å². The van der Waals surface area contributed by atoms with Gasteiger partial charge in [0.05, 0.1) is 6.20 Å². The van der Waals surface area contributed by atoms with Crippen molar-refractivity contribution in [3.8, 4) is 0 Å². The Morgan fingerprint density at radius 2 is 1.77 bits per heavy atom. The van der Waals surface area contributed by atoms with E-state index in [1.54, 1.807) is 18.7 Å². The molecule has 1 aliphatic rings. The van der Waals surface area contributed by atoms with Gasteiger partial charge < -0.3 is 9.80 Å². The standard InChI is InChI=1S/C17H19N9/c1-12-13(2)21-14-3-6-20-26(14)16(12)24-9-7-23(8-10-24)15-4-5-18-17-22-19-11-25(15)17/h3-6,11H,7-10H2,1-2H3. The number of piperazine rings is 1. The van der Waals surface area contributed by atoms with Crippen LogP contribution in [0.5, 0.6) is 0 Å². The number of hydrogen-bond donors (Lipinski definition) is 0. The molecule has 0 aromatic carbocycles. The van der Waals surface area contributed by atoms with Crippen LogP contribution in [0.3, 0.4) is 0 Å². The minimum atomic E-state index is 0.629. The van der Waals surface area contributed by atoms with Crippen LogP contribution >= 0.6 is 0 Å². The normalized spacial score (nSPS) is 15.3. The fourth-order valence-corrected chi connectivity index (χ4v) is 3.63. The molecule has 0 unspecified atom stereocenters. The highest BCUT2D eigenvalue weighted by Crippen LogP contribution is 2.25. The highest BCUT2D eigenvalue weighted by molar-refractivity contribution is 5.57. The van der Waals surface area contributed by atoms with Gasteiger partial charge in [0.15, 0.2) is 5.65 Å². The van der Waals surface area contributed by atoms with Gasteiger partial charge in [0.1, 0.15) is 18.0 Å². The van der Waals surface area contributed by atoms with Crippen LogP contribution in [0.1, 0.15) is 11.3 Å². The monoisotopic (exact) mass is 349 g/mol. The number of nitrogens with zero attached hydrogens (tertiary/aromatic N) is 9. The van der Waals surface area contributed by atoms with Gasteiger partial charge in [-0.1, -0.05) is 0 Å². The van der Waals surface area contributed by atoms with Gasteiger partial charge in [-0.3, -0.25) is 4.40 Å². The lowest BCUT2D eigenvalue weighted by atomic mass is 10.2. The third-order valence-electron chi connectivity index (χ3n) is 5.08. The van der Waals surface area contributed by atoms with Gasteiger partial charge in [-0.25, -0.2) is 9.97 Å². The second-order valence-corrected chi connectivity index (χ2v) is 6.53. The van der Waals surface area contributed by atoms with E-state index in [9.17, 15) is 0 Å². The van der Waals surface area contributed by atoms with Crippen LogP contribution in [0.4, 0.5) is 11.6 Å². The summed E-state index contributed by atoms with van der Waals surface area (Å²) in [6.45, 7) is 7.80. The van der Waals surface area contributed by atoms with E-state index in [4.69, 9.17) is 0 Å². The van der Waals surface area contributed by atoms with Crippen molar-refractivity contribution in [3.63, 3.8) is 0 Å². The molecule has 4 aromatic heterocycles. The van der Waals surface area contributed by atoms with Gasteiger partial charge in [0.25, 0.3) is 5.78 Å². The molecule has 0 amide bonds. The van der Waals surface area contributed by atoms with Gasteiger partial charge in [-0.15, -0.1) is 10.2 Å². The zero-order chi connectivity index (χ0) is 17.7. The minimum absolute atomic E-state index is 0.629. The Morgan fingerprint density at radius 3 is 2.62 bits per heavy atom. The number of fused-ring (bicyclic) bond motifs is 2. The van der Waals surface area contributed by atoms with Crippen molar-refractivity contribution in [1.82, 2.24) is 34.2 Å². The smallest absolute Gasteiger partial charge is 0.256 e. The van der Waals surface area contributed by atoms with Gasteiger partial charge in [-0.05, 0) is 19.9 Å². The first-order valence-electron chi connectivity index (χ1n) is 8.68. The van der Waals surface area contributed by atoms with E-state index in [-0.39, 0.29) is 0 Å². The lowest BCUT2D eigenvalue weighted by Crippen LogP contribution is -2.48. The second kappa shape index (κ2) is 5.65. The Hall–Kier alpha value is -3.23. The van der Waals surface area contributed by atoms with Crippen LogP contribution in [0.2, 0.25) is 0 Å². The Labute approximate surface area is 149 Å². The largest absolute Gasteiger partial charge is 0.354 e. The second-order valence-electron chi connectivity index (χ2n) is 6.53. The summed E-state index contributed by atoms with van der Waals surface area (Å²) in [6, 6.07) is 3.96. The van der Waals surface area contributed by atoms with E-state index < -0.39 is 0 Å². The minimum Gasteiger partial charge on any atom is -0.354 e. The summed E-state index contributed by atoms with van der Waals surface area (Å²) in [7, 11) is 0. The summed E-state index contributed by atoms with van der Waals surface area (Å²) in [5.74, 6) is 2.84. The Bertz CT molecular complexity index is 1090. The maximum atomic E-state index is 4.62. The van der Waals surface area contributed by atoms with Crippen LogP contribution < -0.4 is 9.80 Å². The molecule has 0 radical (unpaired) electrons. The van der Waals surface area contributed by atoms with Gasteiger partial charge in [0.2, 0.25) is 0 Å². The van der Waals surface area contributed by atoms with Crippen molar-refractivity contribution in [1.29, 1.82) is 0 Å². The third kappa shape index (κ3) is 2.20. The van der Waals surface area contributed by atoms with Crippen LogP contribution in [0.25, 0.3) is 11.4 Å². The third-order valence-corrected chi connectivity index (χ3v) is 5.08. The van der Waals surface area contributed by atoms with Crippen molar-refractivity contribution >= 4 is 23.1 Å². The predicted octanol–water partition coefficient (Wildman–Crippen LogP) is 1.11. The molecular weight excluding hydrogens is 330 g/mol. The van der Waals surface area contributed by atoms with Crippen molar-refractivity contribution < 1.29 is 0 Å². The molecule has 0 N–H and O–H groups in total. The average Bonchev–Trinajstić information content (AvgIpc) is 3.31. The Kier molecular flexibility index (Phi) is 3.27. The topological polar surface area (TPSA) is 79.8 Å². The van der Waals surface area contributed by atoms with E-state index in [0.29, 0.717) is 5.78 Å². The Balaban J connectivity index is 1.45. The predicted molar refractivity (Wildman–Crippen MR) is 97.7 cm³/mol. The molecule has 0 aliphatic carbocycles. The molecule has 1 saturated heterocycles. The van der Waals surface area contributed by atoms with Crippen LogP contribution in [0.15, 0.2) is 30.9 Å². The molecule has 5 heterocycles. The van der Waals surface area contributed by atoms with Gasteiger partial charge in [0, 0.05) is 49.7 Å². The van der Waals surface area contributed by atoms with E-state index in [0.717, 1.165) is 49.2 Å². The molecule has 1 fully saturated rings. The van der Waals surface area contributed by atoms with E-state index >= 15 is 0 Å².